The van der Waals surface area contributed by atoms with Gasteiger partial charge in [-0.3, -0.25) is 14.3 Å². The lowest BCUT2D eigenvalue weighted by molar-refractivity contribution is 0.0664. The number of amides is 2. The highest BCUT2D eigenvalue weighted by Crippen LogP contribution is 2.49. The third-order valence-electron chi connectivity index (χ3n) is 7.13. The first-order valence-electron chi connectivity index (χ1n) is 11.6. The van der Waals surface area contributed by atoms with Crippen molar-refractivity contribution in [3.05, 3.63) is 77.3 Å². The normalized spacial score (nSPS) is 16.0. The summed E-state index contributed by atoms with van der Waals surface area (Å²) in [5.74, 6) is -1.05. The first-order chi connectivity index (χ1) is 17.4. The van der Waals surface area contributed by atoms with Gasteiger partial charge in [-0.05, 0) is 25.0 Å². The Morgan fingerprint density at radius 3 is 2.53 bits per heavy atom. The van der Waals surface area contributed by atoms with Crippen LogP contribution in [0.3, 0.4) is 0 Å². The van der Waals surface area contributed by atoms with Crippen LogP contribution in [0.2, 0.25) is 0 Å². The number of aromatic amines is 1. The molecule has 0 spiro atoms. The van der Waals surface area contributed by atoms with Gasteiger partial charge in [0.1, 0.15) is 11.2 Å². The standard InChI is InChI=1S/C25H23N7O4/c1-30(25(6-7-25)24-26-11-16(12-27-24)23(35)36)21(33)17-13-28-32-9-8-31(14-20(17)32)22(34)19-10-15-4-2-3-5-18(15)29-19/h2-5,10-13,29H,6-9,14H2,1H3,(H,35,36). The maximum absolute atomic E-state index is 13.6. The number of carbonyl (C=O) groups excluding carboxylic acids is 2. The van der Waals surface area contributed by atoms with E-state index in [1.54, 1.807) is 27.7 Å². The van der Waals surface area contributed by atoms with Crippen LogP contribution in [0, 0.1) is 0 Å². The number of carbonyl (C=O) groups is 3. The van der Waals surface area contributed by atoms with Crippen molar-refractivity contribution in [1.82, 2.24) is 34.5 Å². The van der Waals surface area contributed by atoms with Gasteiger partial charge < -0.3 is 19.9 Å². The van der Waals surface area contributed by atoms with E-state index < -0.39 is 11.5 Å². The predicted octanol–water partition coefficient (Wildman–Crippen LogP) is 2.27. The van der Waals surface area contributed by atoms with Crippen LogP contribution in [0.25, 0.3) is 10.9 Å². The molecule has 36 heavy (non-hydrogen) atoms. The summed E-state index contributed by atoms with van der Waals surface area (Å²) in [7, 11) is 1.70. The SMILES string of the molecule is CN(C(=O)c1cnn2c1CN(C(=O)c1cc3ccccc3[nH]1)CC2)C1(c2ncc(C(=O)O)cn2)CC1. The van der Waals surface area contributed by atoms with Crippen LogP contribution in [-0.4, -0.2) is 71.0 Å². The number of H-pyrrole nitrogens is 1. The molecule has 2 N–H and O–H groups in total. The molecule has 11 heteroatoms. The van der Waals surface area contributed by atoms with Crippen molar-refractivity contribution in [2.24, 2.45) is 0 Å². The molecule has 1 saturated carbocycles. The van der Waals surface area contributed by atoms with Gasteiger partial charge in [0.2, 0.25) is 0 Å². The number of benzene rings is 1. The Morgan fingerprint density at radius 1 is 1.08 bits per heavy atom. The number of nitrogens with one attached hydrogen (secondary N) is 1. The number of carboxylic acid groups (broad SMARTS) is 1. The van der Waals surface area contributed by atoms with Crippen LogP contribution in [-0.2, 0) is 18.6 Å². The molecule has 11 nitrogen and oxygen atoms in total. The van der Waals surface area contributed by atoms with E-state index in [9.17, 15) is 14.4 Å². The molecular formula is C25H23N7O4. The lowest BCUT2D eigenvalue weighted by atomic mass is 10.1. The molecule has 0 radical (unpaired) electrons. The monoisotopic (exact) mass is 485 g/mol. The fourth-order valence-corrected chi connectivity index (χ4v) is 4.84. The summed E-state index contributed by atoms with van der Waals surface area (Å²) in [5.41, 5.74) is 1.83. The minimum Gasteiger partial charge on any atom is -0.478 e. The maximum atomic E-state index is 13.6. The van der Waals surface area contributed by atoms with Crippen LogP contribution in [0.4, 0.5) is 0 Å². The van der Waals surface area contributed by atoms with Gasteiger partial charge in [0.25, 0.3) is 11.8 Å². The van der Waals surface area contributed by atoms with E-state index in [2.05, 4.69) is 20.1 Å². The number of aromatic carboxylic acids is 1. The molecule has 1 aliphatic heterocycles. The molecule has 0 bridgehead atoms. The molecule has 1 fully saturated rings. The summed E-state index contributed by atoms with van der Waals surface area (Å²) in [6, 6.07) is 9.56. The third kappa shape index (κ3) is 3.43. The van der Waals surface area contributed by atoms with Crippen LogP contribution >= 0.6 is 0 Å². The second-order valence-electron chi connectivity index (χ2n) is 9.22. The first-order valence-corrected chi connectivity index (χ1v) is 11.6. The molecule has 0 atom stereocenters. The van der Waals surface area contributed by atoms with Crippen LogP contribution in [0.1, 0.15) is 55.6 Å². The van der Waals surface area contributed by atoms with Crippen molar-refractivity contribution >= 4 is 28.7 Å². The van der Waals surface area contributed by atoms with Crippen molar-refractivity contribution in [3.63, 3.8) is 0 Å². The minimum absolute atomic E-state index is 0.00560. The predicted molar refractivity (Wildman–Crippen MR) is 127 cm³/mol. The van der Waals surface area contributed by atoms with Gasteiger partial charge in [0.05, 0.1) is 36.1 Å². The van der Waals surface area contributed by atoms with Gasteiger partial charge in [0, 0.05) is 36.9 Å². The average molecular weight is 486 g/mol. The van der Waals surface area contributed by atoms with E-state index in [-0.39, 0.29) is 23.9 Å². The van der Waals surface area contributed by atoms with Crippen molar-refractivity contribution in [2.75, 3.05) is 13.6 Å². The van der Waals surface area contributed by atoms with Crippen LogP contribution < -0.4 is 0 Å². The zero-order valence-electron chi connectivity index (χ0n) is 19.5. The van der Waals surface area contributed by atoms with E-state index in [0.29, 0.717) is 48.7 Å². The Hall–Kier alpha value is -4.54. The Kier molecular flexibility index (Phi) is 4.88. The van der Waals surface area contributed by atoms with Gasteiger partial charge >= 0.3 is 5.97 Å². The number of rotatable bonds is 5. The van der Waals surface area contributed by atoms with Crippen LogP contribution in [0.5, 0.6) is 0 Å². The van der Waals surface area contributed by atoms with Crippen molar-refractivity contribution in [2.45, 2.75) is 31.5 Å². The van der Waals surface area contributed by atoms with E-state index in [0.717, 1.165) is 10.9 Å². The third-order valence-corrected chi connectivity index (χ3v) is 7.13. The summed E-state index contributed by atoms with van der Waals surface area (Å²) in [6.45, 7) is 1.24. The number of aromatic nitrogens is 5. The number of carboxylic acids is 1. The molecule has 6 rings (SSSR count). The molecule has 0 saturated heterocycles. The molecule has 4 heterocycles. The highest BCUT2D eigenvalue weighted by atomic mass is 16.4. The number of hydrogen-bond donors (Lipinski definition) is 2. The lowest BCUT2D eigenvalue weighted by Crippen LogP contribution is -2.41. The largest absolute Gasteiger partial charge is 0.478 e. The molecule has 0 unspecified atom stereocenters. The summed E-state index contributed by atoms with van der Waals surface area (Å²) in [6.07, 6.45) is 5.43. The Morgan fingerprint density at radius 2 is 1.83 bits per heavy atom. The van der Waals surface area contributed by atoms with Crippen molar-refractivity contribution in [3.8, 4) is 0 Å². The fourth-order valence-electron chi connectivity index (χ4n) is 4.84. The number of hydrogen-bond acceptors (Lipinski definition) is 6. The smallest absolute Gasteiger partial charge is 0.338 e. The molecule has 4 aromatic rings. The Bertz CT molecular complexity index is 1480. The minimum atomic E-state index is -1.10. The highest BCUT2D eigenvalue weighted by molar-refractivity contribution is 5.99. The number of nitrogens with zero attached hydrogens (tertiary/aromatic N) is 6. The molecule has 182 valence electrons. The van der Waals surface area contributed by atoms with Gasteiger partial charge in [-0.25, -0.2) is 14.8 Å². The molecule has 1 aliphatic carbocycles. The van der Waals surface area contributed by atoms with Crippen LogP contribution in [0.15, 0.2) is 48.9 Å². The molecule has 3 aromatic heterocycles. The van der Waals surface area contributed by atoms with E-state index >= 15 is 0 Å². The first kappa shape index (κ1) is 22.0. The van der Waals surface area contributed by atoms with Gasteiger partial charge in [-0.1, -0.05) is 18.2 Å². The zero-order valence-corrected chi connectivity index (χ0v) is 19.5. The Balaban J connectivity index is 1.24. The topological polar surface area (TPSA) is 137 Å². The highest BCUT2D eigenvalue weighted by Gasteiger charge is 2.53. The average Bonchev–Trinajstić information content (AvgIpc) is 3.42. The summed E-state index contributed by atoms with van der Waals surface area (Å²) >= 11 is 0. The molecule has 2 aliphatic rings. The zero-order chi connectivity index (χ0) is 25.0. The van der Waals surface area contributed by atoms with Gasteiger partial charge in [0.15, 0.2) is 5.82 Å². The molecule has 1 aromatic carbocycles. The number of fused-ring (bicyclic) bond motifs is 2. The van der Waals surface area contributed by atoms with E-state index in [1.807, 2.05) is 30.3 Å². The van der Waals surface area contributed by atoms with Crippen molar-refractivity contribution in [1.29, 1.82) is 0 Å². The second-order valence-corrected chi connectivity index (χ2v) is 9.22. The summed E-state index contributed by atoms with van der Waals surface area (Å²) < 4.78 is 1.77. The molecular weight excluding hydrogens is 462 g/mol. The maximum Gasteiger partial charge on any atom is 0.338 e. The van der Waals surface area contributed by atoms with E-state index in [4.69, 9.17) is 5.11 Å². The second kappa shape index (κ2) is 8.01. The van der Waals surface area contributed by atoms with Gasteiger partial charge in [-0.2, -0.15) is 5.10 Å². The molecule has 2 amide bonds. The summed E-state index contributed by atoms with van der Waals surface area (Å²) in [4.78, 5) is 53.0. The van der Waals surface area contributed by atoms with Gasteiger partial charge in [-0.15, -0.1) is 0 Å². The fraction of sp³-hybridized carbons (Fsp3) is 0.280. The number of para-hydroxylation sites is 1. The summed E-state index contributed by atoms with van der Waals surface area (Å²) in [5, 5.41) is 14.5. The van der Waals surface area contributed by atoms with E-state index in [1.165, 1.54) is 12.4 Å². The Labute approximate surface area is 205 Å². The van der Waals surface area contributed by atoms with Crippen molar-refractivity contribution < 1.29 is 19.5 Å². The quantitative estimate of drug-likeness (QED) is 0.442. The lowest BCUT2D eigenvalue weighted by Gasteiger charge is -2.30.